The van der Waals surface area contributed by atoms with Crippen LogP contribution in [0.1, 0.15) is 48.9 Å². The summed E-state index contributed by atoms with van der Waals surface area (Å²) in [4.78, 5) is 37.6. The largest absolute Gasteiger partial charge is 0.465 e. The maximum Gasteiger partial charge on any atom is 0.340 e. The molecule has 1 aromatic heterocycles. The Morgan fingerprint density at radius 3 is 2.30 bits per heavy atom. The number of para-hydroxylation sites is 1. The first-order valence-corrected chi connectivity index (χ1v) is 10.8. The van der Waals surface area contributed by atoms with Crippen molar-refractivity contribution in [2.75, 3.05) is 13.7 Å². The summed E-state index contributed by atoms with van der Waals surface area (Å²) in [7, 11) is 1.33. The number of Topliss-reactive ketones (excluding diaryl/α,β-unsaturated/α-hetero) is 1. The van der Waals surface area contributed by atoms with Crippen molar-refractivity contribution in [2.45, 2.75) is 45.1 Å². The van der Waals surface area contributed by atoms with E-state index in [4.69, 9.17) is 9.47 Å². The monoisotopic (exact) mass is 409 g/mol. The zero-order chi connectivity index (χ0) is 20.9. The molecule has 0 N–H and O–H groups in total. The van der Waals surface area contributed by atoms with Gasteiger partial charge in [0.1, 0.15) is 6.54 Å². The molecule has 4 bridgehead atoms. The first kappa shape index (κ1) is 19.3. The van der Waals surface area contributed by atoms with Crippen molar-refractivity contribution in [2.24, 2.45) is 23.2 Å². The molecule has 6 nitrogen and oxygen atoms in total. The predicted octanol–water partition coefficient (Wildman–Crippen LogP) is 3.76. The highest BCUT2D eigenvalue weighted by Gasteiger charge is 2.54. The lowest BCUT2D eigenvalue weighted by atomic mass is 9.48. The molecule has 4 saturated carbocycles. The molecule has 0 radical (unpaired) electrons. The number of hydrogen-bond donors (Lipinski definition) is 0. The van der Waals surface area contributed by atoms with Crippen molar-refractivity contribution >= 4 is 28.6 Å². The molecule has 30 heavy (non-hydrogen) atoms. The van der Waals surface area contributed by atoms with E-state index in [9.17, 15) is 14.4 Å². The second kappa shape index (κ2) is 7.25. The minimum atomic E-state index is -0.467. The first-order chi connectivity index (χ1) is 14.5. The topological polar surface area (TPSA) is 74.6 Å². The molecule has 4 aliphatic rings. The molecular formula is C24H27NO5. The number of benzene rings is 1. The molecule has 0 atom stereocenters. The van der Waals surface area contributed by atoms with E-state index in [0.717, 1.165) is 30.2 Å². The molecule has 4 fully saturated rings. The van der Waals surface area contributed by atoms with Crippen LogP contribution < -0.4 is 0 Å². The molecule has 0 unspecified atom stereocenters. The summed E-state index contributed by atoms with van der Waals surface area (Å²) < 4.78 is 11.9. The van der Waals surface area contributed by atoms with E-state index in [2.05, 4.69) is 0 Å². The lowest BCUT2D eigenvalue weighted by molar-refractivity contribution is -0.158. The third-order valence-corrected chi connectivity index (χ3v) is 7.49. The highest BCUT2D eigenvalue weighted by molar-refractivity contribution is 6.04. The number of aromatic nitrogens is 1. The van der Waals surface area contributed by atoms with Crippen LogP contribution in [-0.2, 0) is 25.6 Å². The number of ether oxygens (including phenoxy) is 2. The van der Waals surface area contributed by atoms with E-state index in [0.29, 0.717) is 23.3 Å². The molecule has 158 valence electrons. The van der Waals surface area contributed by atoms with Crippen LogP contribution in [0.15, 0.2) is 30.5 Å². The second-order valence-electron chi connectivity index (χ2n) is 9.46. The Labute approximate surface area is 175 Å². The Kier molecular flexibility index (Phi) is 4.68. The maximum absolute atomic E-state index is 13.1. The van der Waals surface area contributed by atoms with Gasteiger partial charge in [0, 0.05) is 22.5 Å². The van der Waals surface area contributed by atoms with E-state index in [1.165, 1.54) is 26.4 Å². The smallest absolute Gasteiger partial charge is 0.340 e. The van der Waals surface area contributed by atoms with Gasteiger partial charge in [-0.2, -0.15) is 0 Å². The van der Waals surface area contributed by atoms with Gasteiger partial charge in [0.25, 0.3) is 0 Å². The number of methoxy groups -OCH3 is 1. The molecular weight excluding hydrogens is 382 g/mol. The van der Waals surface area contributed by atoms with Gasteiger partial charge in [0.05, 0.1) is 12.7 Å². The summed E-state index contributed by atoms with van der Waals surface area (Å²) >= 11 is 0. The fourth-order valence-corrected chi connectivity index (χ4v) is 6.59. The molecule has 2 aromatic rings. The molecule has 6 rings (SSSR count). The molecule has 4 aliphatic carbocycles. The average molecular weight is 409 g/mol. The first-order valence-electron chi connectivity index (χ1n) is 10.8. The fourth-order valence-electron chi connectivity index (χ4n) is 6.59. The van der Waals surface area contributed by atoms with Gasteiger partial charge in [-0.3, -0.25) is 9.59 Å². The quantitative estimate of drug-likeness (QED) is 0.679. The van der Waals surface area contributed by atoms with E-state index < -0.39 is 11.9 Å². The van der Waals surface area contributed by atoms with Crippen LogP contribution in [0.25, 0.3) is 10.9 Å². The number of carbonyl (C=O) groups excluding carboxylic acids is 3. The zero-order valence-electron chi connectivity index (χ0n) is 17.3. The standard InChI is InChI=1S/C24H27NO5/c1-29-23(28)19-12-25(20-5-3-2-4-18(19)20)13-22(27)30-14-21(26)24-9-15-6-16(10-24)8-17(7-15)11-24/h2-5,12,15-17H,6-11,13-14H2,1H3. The summed E-state index contributed by atoms with van der Waals surface area (Å²) in [5, 5.41) is 0.724. The van der Waals surface area contributed by atoms with E-state index in [1.54, 1.807) is 10.8 Å². The number of nitrogens with zero attached hydrogens (tertiary/aromatic N) is 1. The molecule has 6 heteroatoms. The van der Waals surface area contributed by atoms with Crippen LogP contribution in [-0.4, -0.2) is 36.0 Å². The number of fused-ring (bicyclic) bond motifs is 1. The van der Waals surface area contributed by atoms with Crippen LogP contribution in [0.3, 0.4) is 0 Å². The van der Waals surface area contributed by atoms with Gasteiger partial charge in [-0.05, 0) is 62.3 Å². The van der Waals surface area contributed by atoms with Gasteiger partial charge in [0.2, 0.25) is 0 Å². The number of rotatable bonds is 6. The Morgan fingerprint density at radius 2 is 1.67 bits per heavy atom. The van der Waals surface area contributed by atoms with Crippen molar-refractivity contribution in [3.05, 3.63) is 36.0 Å². The Bertz CT molecular complexity index is 984. The summed E-state index contributed by atoms with van der Waals surface area (Å²) in [5.74, 6) is 1.22. The number of hydrogen-bond acceptors (Lipinski definition) is 5. The molecule has 1 heterocycles. The lowest BCUT2D eigenvalue weighted by Crippen LogP contribution is -2.51. The highest BCUT2D eigenvalue weighted by atomic mass is 16.5. The third kappa shape index (κ3) is 3.22. The average Bonchev–Trinajstić information content (AvgIpc) is 3.09. The minimum absolute atomic E-state index is 0.0499. The van der Waals surface area contributed by atoms with Gasteiger partial charge in [-0.1, -0.05) is 18.2 Å². The molecule has 0 spiro atoms. The van der Waals surface area contributed by atoms with Crippen LogP contribution in [0.2, 0.25) is 0 Å². The van der Waals surface area contributed by atoms with Crippen molar-refractivity contribution in [1.29, 1.82) is 0 Å². The molecule has 0 saturated heterocycles. The minimum Gasteiger partial charge on any atom is -0.465 e. The van der Waals surface area contributed by atoms with Gasteiger partial charge in [-0.25, -0.2) is 4.79 Å². The Hall–Kier alpha value is -2.63. The Morgan fingerprint density at radius 1 is 1.03 bits per heavy atom. The van der Waals surface area contributed by atoms with Crippen molar-refractivity contribution in [1.82, 2.24) is 4.57 Å². The van der Waals surface area contributed by atoms with Crippen LogP contribution in [0, 0.1) is 23.2 Å². The normalized spacial score (nSPS) is 29.2. The van der Waals surface area contributed by atoms with Crippen LogP contribution in [0.5, 0.6) is 0 Å². The van der Waals surface area contributed by atoms with Crippen molar-refractivity contribution in [3.8, 4) is 0 Å². The summed E-state index contributed by atoms with van der Waals surface area (Å²) in [6, 6.07) is 7.35. The maximum atomic E-state index is 13.1. The van der Waals surface area contributed by atoms with Crippen LogP contribution in [0.4, 0.5) is 0 Å². The fraction of sp³-hybridized carbons (Fsp3) is 0.542. The number of esters is 2. The van der Waals surface area contributed by atoms with E-state index in [1.807, 2.05) is 24.3 Å². The van der Waals surface area contributed by atoms with Gasteiger partial charge in [-0.15, -0.1) is 0 Å². The van der Waals surface area contributed by atoms with Crippen molar-refractivity contribution in [3.63, 3.8) is 0 Å². The lowest BCUT2D eigenvalue weighted by Gasteiger charge is -2.55. The van der Waals surface area contributed by atoms with E-state index >= 15 is 0 Å². The third-order valence-electron chi connectivity index (χ3n) is 7.49. The Balaban J connectivity index is 1.26. The van der Waals surface area contributed by atoms with Gasteiger partial charge >= 0.3 is 11.9 Å². The summed E-state index contributed by atoms with van der Waals surface area (Å²) in [6.07, 6.45) is 8.35. The SMILES string of the molecule is COC(=O)c1cn(CC(=O)OCC(=O)C23CC4CC(CC(C4)C2)C3)c2ccccc12. The second-order valence-corrected chi connectivity index (χ2v) is 9.46. The number of carbonyl (C=O) groups is 3. The van der Waals surface area contributed by atoms with E-state index in [-0.39, 0.29) is 24.3 Å². The molecule has 1 aromatic carbocycles. The molecule has 0 aliphatic heterocycles. The highest BCUT2D eigenvalue weighted by Crippen LogP contribution is 2.60. The van der Waals surface area contributed by atoms with Crippen LogP contribution >= 0.6 is 0 Å². The van der Waals surface area contributed by atoms with Gasteiger partial charge in [0.15, 0.2) is 12.4 Å². The van der Waals surface area contributed by atoms with Crippen molar-refractivity contribution < 1.29 is 23.9 Å². The summed E-state index contributed by atoms with van der Waals surface area (Å²) in [5.41, 5.74) is 0.903. The predicted molar refractivity (Wildman–Crippen MR) is 110 cm³/mol. The zero-order valence-corrected chi connectivity index (χ0v) is 17.3. The molecule has 0 amide bonds. The number of ketones is 1. The van der Waals surface area contributed by atoms with Gasteiger partial charge < -0.3 is 14.0 Å². The summed E-state index contributed by atoms with van der Waals surface area (Å²) in [6.45, 7) is -0.195.